The molecule has 1 N–H and O–H groups in total. The molecule has 50 heavy (non-hydrogen) atoms. The van der Waals surface area contributed by atoms with Crippen LogP contribution in [0.25, 0.3) is 0 Å². The molecular weight excluding hydrogens is 650 g/mol. The predicted molar refractivity (Wildman–Crippen MR) is 194 cm³/mol. The number of carbonyl (C=O) groups is 2. The highest BCUT2D eigenvalue weighted by atomic mass is 32.2. The van der Waals surface area contributed by atoms with E-state index in [1.165, 1.54) is 61.1 Å². The molecule has 0 aliphatic heterocycles. The van der Waals surface area contributed by atoms with E-state index in [0.717, 1.165) is 66.0 Å². The largest absolute Gasteiger partial charge is 0.352 e. The highest BCUT2D eigenvalue weighted by Crippen LogP contribution is 2.60. The molecule has 5 aliphatic carbocycles. The monoisotopic (exact) mass is 699 g/mol. The van der Waals surface area contributed by atoms with Crippen LogP contribution in [-0.2, 0) is 38.0 Å². The fourth-order valence-electron chi connectivity index (χ4n) is 9.94. The van der Waals surface area contributed by atoms with Gasteiger partial charge in [-0.25, -0.2) is 12.8 Å². The molecule has 7 nitrogen and oxygen atoms in total. The number of hydrogen-bond acceptors (Lipinski definition) is 4. The molecule has 1 atom stereocenters. The summed E-state index contributed by atoms with van der Waals surface area (Å²) in [5.74, 6) is 1.21. The van der Waals surface area contributed by atoms with Crippen molar-refractivity contribution in [2.24, 2.45) is 17.8 Å². The second-order valence-corrected chi connectivity index (χ2v) is 17.6. The maximum absolute atomic E-state index is 14.5. The number of halogens is 1. The van der Waals surface area contributed by atoms with Crippen LogP contribution in [-0.4, -0.2) is 50.0 Å². The fraction of sp³-hybridized carbons (Fsp3) is 0.512. The summed E-state index contributed by atoms with van der Waals surface area (Å²) in [6.45, 7) is -0.435. The fourth-order valence-corrected chi connectivity index (χ4v) is 10.8. The molecule has 4 bridgehead atoms. The van der Waals surface area contributed by atoms with Crippen LogP contribution in [0.5, 0.6) is 0 Å². The van der Waals surface area contributed by atoms with Crippen LogP contribution in [0.4, 0.5) is 10.1 Å². The van der Waals surface area contributed by atoms with E-state index in [0.29, 0.717) is 11.3 Å². The Morgan fingerprint density at radius 1 is 0.820 bits per heavy atom. The van der Waals surface area contributed by atoms with Crippen LogP contribution in [0, 0.1) is 23.6 Å². The van der Waals surface area contributed by atoms with Crippen molar-refractivity contribution in [1.29, 1.82) is 0 Å². The Morgan fingerprint density at radius 2 is 1.42 bits per heavy atom. The molecule has 5 fully saturated rings. The number of nitrogens with zero attached hydrogens (tertiary/aromatic N) is 2. The lowest BCUT2D eigenvalue weighted by Crippen LogP contribution is -2.55. The molecule has 5 aliphatic rings. The van der Waals surface area contributed by atoms with Gasteiger partial charge in [-0.1, -0.05) is 73.9 Å². The SMILES string of the molecule is CS(=O)(=O)N(CC(=O)N(Cc1ccc(F)cc1)C(Cc1ccccc1)C(=O)NC1CCCCC1)c1ccc(C23CC4CC(CC(C4)C2)C3)cc1. The molecular formula is C41H50FN3O4S. The Labute approximate surface area is 296 Å². The van der Waals surface area contributed by atoms with Crippen molar-refractivity contribution in [2.45, 2.75) is 101 Å². The van der Waals surface area contributed by atoms with Gasteiger partial charge in [-0.05, 0) is 115 Å². The third kappa shape index (κ3) is 7.78. The van der Waals surface area contributed by atoms with Gasteiger partial charge in [-0.3, -0.25) is 13.9 Å². The smallest absolute Gasteiger partial charge is 0.244 e. The van der Waals surface area contributed by atoms with Gasteiger partial charge in [0.05, 0.1) is 11.9 Å². The standard InChI is InChI=1S/C41H50FN3O4S/c1-50(48,49)45(37-18-14-34(15-19-37)41-24-31-20-32(25-41)22-33(21-31)26-41)28-39(46)44(27-30-12-16-35(42)17-13-30)38(23-29-8-4-2-5-9-29)40(47)43-36-10-6-3-7-11-36/h2,4-5,8-9,12-19,31-33,36,38H,3,6-7,10-11,20-28H2,1H3,(H,43,47). The zero-order valence-electron chi connectivity index (χ0n) is 29.1. The van der Waals surface area contributed by atoms with E-state index in [-0.39, 0.29) is 30.3 Å². The Bertz CT molecular complexity index is 1720. The number of carbonyl (C=O) groups excluding carboxylic acids is 2. The first-order valence-corrected chi connectivity index (χ1v) is 20.4. The molecule has 3 aromatic rings. The Hall–Kier alpha value is -3.72. The molecule has 0 saturated heterocycles. The van der Waals surface area contributed by atoms with Gasteiger partial charge in [0.25, 0.3) is 0 Å². The topological polar surface area (TPSA) is 86.8 Å². The van der Waals surface area contributed by atoms with Crippen molar-refractivity contribution < 1.29 is 22.4 Å². The van der Waals surface area contributed by atoms with Gasteiger partial charge in [0.2, 0.25) is 21.8 Å². The predicted octanol–water partition coefficient (Wildman–Crippen LogP) is 7.15. The lowest BCUT2D eigenvalue weighted by atomic mass is 9.48. The van der Waals surface area contributed by atoms with E-state index in [2.05, 4.69) is 17.4 Å². The van der Waals surface area contributed by atoms with Crippen LogP contribution < -0.4 is 9.62 Å². The number of benzene rings is 3. The average Bonchev–Trinajstić information content (AvgIpc) is 3.09. The maximum Gasteiger partial charge on any atom is 0.244 e. The Balaban J connectivity index is 1.18. The molecule has 0 spiro atoms. The van der Waals surface area contributed by atoms with Crippen LogP contribution in [0.1, 0.15) is 87.3 Å². The number of anilines is 1. The van der Waals surface area contributed by atoms with Gasteiger partial charge in [-0.15, -0.1) is 0 Å². The lowest BCUT2D eigenvalue weighted by molar-refractivity contribution is -0.140. The number of rotatable bonds is 12. The second-order valence-electron chi connectivity index (χ2n) is 15.7. The lowest BCUT2D eigenvalue weighted by Gasteiger charge is -2.57. The summed E-state index contributed by atoms with van der Waals surface area (Å²) in [5, 5.41) is 3.22. The summed E-state index contributed by atoms with van der Waals surface area (Å²) >= 11 is 0. The summed E-state index contributed by atoms with van der Waals surface area (Å²) < 4.78 is 41.9. The quantitative estimate of drug-likeness (QED) is 0.218. The molecule has 8 rings (SSSR count). The highest BCUT2D eigenvalue weighted by molar-refractivity contribution is 7.92. The molecule has 5 saturated carbocycles. The van der Waals surface area contributed by atoms with Crippen molar-refractivity contribution in [1.82, 2.24) is 10.2 Å². The molecule has 0 heterocycles. The summed E-state index contributed by atoms with van der Waals surface area (Å²) in [4.78, 5) is 30.2. The molecule has 0 radical (unpaired) electrons. The number of amides is 2. The maximum atomic E-state index is 14.5. The first kappa shape index (κ1) is 34.7. The van der Waals surface area contributed by atoms with Gasteiger partial charge < -0.3 is 10.2 Å². The van der Waals surface area contributed by atoms with Gasteiger partial charge >= 0.3 is 0 Å². The van der Waals surface area contributed by atoms with Gasteiger partial charge in [-0.2, -0.15) is 0 Å². The molecule has 9 heteroatoms. The number of sulfonamides is 1. The van der Waals surface area contributed by atoms with Crippen molar-refractivity contribution in [2.75, 3.05) is 17.1 Å². The Kier molecular flexibility index (Phi) is 10.1. The van der Waals surface area contributed by atoms with Crippen LogP contribution in [0.15, 0.2) is 78.9 Å². The molecule has 266 valence electrons. The van der Waals surface area contributed by atoms with Crippen molar-refractivity contribution in [3.63, 3.8) is 0 Å². The third-order valence-electron chi connectivity index (χ3n) is 12.0. The van der Waals surface area contributed by atoms with E-state index >= 15 is 0 Å². The van der Waals surface area contributed by atoms with E-state index < -0.39 is 34.3 Å². The highest BCUT2D eigenvalue weighted by Gasteiger charge is 2.51. The Morgan fingerprint density at radius 3 is 2.00 bits per heavy atom. The molecule has 3 aromatic carbocycles. The first-order chi connectivity index (χ1) is 24.0. The second kappa shape index (κ2) is 14.5. The minimum Gasteiger partial charge on any atom is -0.352 e. The van der Waals surface area contributed by atoms with Crippen molar-refractivity contribution >= 4 is 27.5 Å². The molecule has 2 amide bonds. The van der Waals surface area contributed by atoms with Gasteiger partial charge in [0.15, 0.2) is 0 Å². The number of nitrogens with one attached hydrogen (secondary N) is 1. The van der Waals surface area contributed by atoms with Gasteiger partial charge in [0, 0.05) is 19.0 Å². The normalized spacial score (nSPS) is 25.2. The summed E-state index contributed by atoms with van der Waals surface area (Å²) in [7, 11) is -3.87. The molecule has 1 unspecified atom stereocenters. The van der Waals surface area contributed by atoms with Crippen LogP contribution in [0.3, 0.4) is 0 Å². The van der Waals surface area contributed by atoms with Crippen molar-refractivity contribution in [3.05, 3.63) is 101 Å². The average molecular weight is 700 g/mol. The number of hydrogen-bond donors (Lipinski definition) is 1. The summed E-state index contributed by atoms with van der Waals surface area (Å²) in [6, 6.07) is 22.4. The minimum atomic E-state index is -3.87. The van der Waals surface area contributed by atoms with E-state index in [9.17, 15) is 22.4 Å². The van der Waals surface area contributed by atoms with Gasteiger partial charge in [0.1, 0.15) is 18.4 Å². The first-order valence-electron chi connectivity index (χ1n) is 18.5. The molecule has 0 aromatic heterocycles. The van der Waals surface area contributed by atoms with E-state index in [1.807, 2.05) is 42.5 Å². The minimum absolute atomic E-state index is 0.0251. The summed E-state index contributed by atoms with van der Waals surface area (Å²) in [5.41, 5.74) is 3.41. The van der Waals surface area contributed by atoms with E-state index in [4.69, 9.17) is 0 Å². The van der Waals surface area contributed by atoms with Crippen LogP contribution >= 0.6 is 0 Å². The zero-order valence-corrected chi connectivity index (χ0v) is 29.9. The third-order valence-corrected chi connectivity index (χ3v) is 13.1. The van der Waals surface area contributed by atoms with Crippen molar-refractivity contribution in [3.8, 4) is 0 Å². The zero-order chi connectivity index (χ0) is 34.9. The van der Waals surface area contributed by atoms with Crippen LogP contribution in [0.2, 0.25) is 0 Å². The summed E-state index contributed by atoms with van der Waals surface area (Å²) in [6.07, 6.45) is 14.0. The van der Waals surface area contributed by atoms with E-state index in [1.54, 1.807) is 12.1 Å².